The Hall–Kier alpha value is -3.42. The first-order chi connectivity index (χ1) is 12.5. The number of nitrogens with zero attached hydrogens (tertiary/aromatic N) is 3. The standard InChI is InChI=1S/C18H18N4O4/c1-11-10-16(21-26-11)19-18(24)12(2)22-17(23)9-8-15(20-22)13-4-6-14(25-3)7-5-13/h4-10,12H,1-3H3,(H,19,21,24)/t12-/m0/s1. The van der Waals surface area contributed by atoms with E-state index in [2.05, 4.69) is 15.6 Å². The monoisotopic (exact) mass is 354 g/mol. The van der Waals surface area contributed by atoms with Crippen LogP contribution < -0.4 is 15.6 Å². The van der Waals surface area contributed by atoms with Crippen LogP contribution in [-0.4, -0.2) is 28.0 Å². The Morgan fingerprint density at radius 3 is 2.58 bits per heavy atom. The number of aryl methyl sites for hydroxylation is 1. The second-order valence-electron chi connectivity index (χ2n) is 5.72. The second kappa shape index (κ2) is 7.22. The highest BCUT2D eigenvalue weighted by molar-refractivity contribution is 5.92. The van der Waals surface area contributed by atoms with Gasteiger partial charge in [-0.25, -0.2) is 4.68 Å². The maximum Gasteiger partial charge on any atom is 0.267 e. The van der Waals surface area contributed by atoms with Gasteiger partial charge < -0.3 is 14.6 Å². The van der Waals surface area contributed by atoms with E-state index >= 15 is 0 Å². The van der Waals surface area contributed by atoms with Crippen LogP contribution in [0.4, 0.5) is 5.82 Å². The minimum atomic E-state index is -0.822. The lowest BCUT2D eigenvalue weighted by molar-refractivity contribution is -0.119. The molecular weight excluding hydrogens is 336 g/mol. The number of methoxy groups -OCH3 is 1. The quantitative estimate of drug-likeness (QED) is 0.755. The Kier molecular flexibility index (Phi) is 4.83. The molecule has 0 bridgehead atoms. The summed E-state index contributed by atoms with van der Waals surface area (Å²) in [5.74, 6) is 1.17. The molecule has 0 aliphatic heterocycles. The van der Waals surface area contributed by atoms with Crippen LogP contribution in [0.1, 0.15) is 18.7 Å². The second-order valence-corrected chi connectivity index (χ2v) is 5.72. The molecule has 134 valence electrons. The van der Waals surface area contributed by atoms with E-state index in [-0.39, 0.29) is 5.56 Å². The van der Waals surface area contributed by atoms with Crippen LogP contribution in [0.2, 0.25) is 0 Å². The summed E-state index contributed by atoms with van der Waals surface area (Å²) < 4.78 is 11.2. The van der Waals surface area contributed by atoms with Gasteiger partial charge in [0.25, 0.3) is 5.56 Å². The number of hydrogen-bond acceptors (Lipinski definition) is 6. The lowest BCUT2D eigenvalue weighted by Crippen LogP contribution is -2.33. The van der Waals surface area contributed by atoms with E-state index in [1.165, 1.54) is 6.07 Å². The van der Waals surface area contributed by atoms with Gasteiger partial charge in [0, 0.05) is 17.7 Å². The summed E-state index contributed by atoms with van der Waals surface area (Å²) in [5, 5.41) is 10.6. The first-order valence-corrected chi connectivity index (χ1v) is 7.96. The SMILES string of the molecule is COc1ccc(-c2ccc(=O)n([C@@H](C)C(=O)Nc3cc(C)on3)n2)cc1. The minimum absolute atomic E-state index is 0.290. The van der Waals surface area contributed by atoms with Gasteiger partial charge in [-0.3, -0.25) is 9.59 Å². The van der Waals surface area contributed by atoms with E-state index in [4.69, 9.17) is 9.26 Å². The van der Waals surface area contributed by atoms with Crippen LogP contribution in [0, 0.1) is 6.92 Å². The highest BCUT2D eigenvalue weighted by Crippen LogP contribution is 2.20. The van der Waals surface area contributed by atoms with Gasteiger partial charge >= 0.3 is 0 Å². The average Bonchev–Trinajstić information content (AvgIpc) is 3.06. The zero-order chi connectivity index (χ0) is 18.7. The molecule has 0 aliphatic carbocycles. The van der Waals surface area contributed by atoms with Crippen molar-refractivity contribution in [1.82, 2.24) is 14.9 Å². The molecule has 3 rings (SSSR count). The number of carbonyl (C=O) groups is 1. The minimum Gasteiger partial charge on any atom is -0.497 e. The fraction of sp³-hybridized carbons (Fsp3) is 0.222. The largest absolute Gasteiger partial charge is 0.497 e. The molecule has 2 heterocycles. The Bertz CT molecular complexity index is 975. The molecule has 8 heteroatoms. The maximum atomic E-state index is 12.4. The number of rotatable bonds is 5. The number of ether oxygens (including phenoxy) is 1. The van der Waals surface area contributed by atoms with Crippen molar-refractivity contribution in [3.8, 4) is 17.0 Å². The van der Waals surface area contributed by atoms with Gasteiger partial charge in [0.2, 0.25) is 5.91 Å². The average molecular weight is 354 g/mol. The van der Waals surface area contributed by atoms with Crippen LogP contribution in [0.25, 0.3) is 11.3 Å². The Balaban J connectivity index is 1.86. The van der Waals surface area contributed by atoms with E-state index in [0.717, 1.165) is 16.0 Å². The van der Waals surface area contributed by atoms with Gasteiger partial charge in [-0.2, -0.15) is 5.10 Å². The summed E-state index contributed by atoms with van der Waals surface area (Å²) in [4.78, 5) is 24.6. The fourth-order valence-electron chi connectivity index (χ4n) is 2.39. The molecule has 8 nitrogen and oxygen atoms in total. The van der Waals surface area contributed by atoms with Crippen molar-refractivity contribution in [1.29, 1.82) is 0 Å². The third-order valence-electron chi connectivity index (χ3n) is 3.84. The fourth-order valence-corrected chi connectivity index (χ4v) is 2.39. The smallest absolute Gasteiger partial charge is 0.267 e. The lowest BCUT2D eigenvalue weighted by atomic mass is 10.1. The van der Waals surface area contributed by atoms with Crippen molar-refractivity contribution >= 4 is 11.7 Å². The van der Waals surface area contributed by atoms with Gasteiger partial charge in [-0.1, -0.05) is 5.16 Å². The van der Waals surface area contributed by atoms with E-state index in [0.29, 0.717) is 17.3 Å². The predicted molar refractivity (Wildman–Crippen MR) is 95.1 cm³/mol. The first-order valence-electron chi connectivity index (χ1n) is 7.96. The Morgan fingerprint density at radius 2 is 1.96 bits per heavy atom. The van der Waals surface area contributed by atoms with E-state index in [9.17, 15) is 9.59 Å². The Labute approximate surface area is 149 Å². The summed E-state index contributed by atoms with van der Waals surface area (Å²) >= 11 is 0. The van der Waals surface area contributed by atoms with Crippen molar-refractivity contribution < 1.29 is 14.1 Å². The summed E-state index contributed by atoms with van der Waals surface area (Å²) in [6, 6.07) is 11.0. The normalized spacial score (nSPS) is 11.8. The van der Waals surface area contributed by atoms with Crippen LogP contribution >= 0.6 is 0 Å². The van der Waals surface area contributed by atoms with Gasteiger partial charge in [0.15, 0.2) is 5.82 Å². The zero-order valence-electron chi connectivity index (χ0n) is 14.6. The zero-order valence-corrected chi connectivity index (χ0v) is 14.6. The van der Waals surface area contributed by atoms with Crippen LogP contribution in [0.15, 0.2) is 51.8 Å². The molecule has 0 unspecified atom stereocenters. The summed E-state index contributed by atoms with van der Waals surface area (Å²) in [6.07, 6.45) is 0. The maximum absolute atomic E-state index is 12.4. The van der Waals surface area contributed by atoms with Gasteiger partial charge in [-0.15, -0.1) is 0 Å². The number of amides is 1. The van der Waals surface area contributed by atoms with Crippen LogP contribution in [0.3, 0.4) is 0 Å². The molecule has 1 amide bonds. The van der Waals surface area contributed by atoms with Crippen molar-refractivity contribution in [2.75, 3.05) is 12.4 Å². The number of anilines is 1. The van der Waals surface area contributed by atoms with Gasteiger partial charge in [0.05, 0.1) is 12.8 Å². The van der Waals surface area contributed by atoms with Gasteiger partial charge in [-0.05, 0) is 44.2 Å². The lowest BCUT2D eigenvalue weighted by Gasteiger charge is -2.14. The molecule has 0 aliphatic rings. The molecule has 0 spiro atoms. The van der Waals surface area contributed by atoms with Crippen molar-refractivity contribution in [3.63, 3.8) is 0 Å². The highest BCUT2D eigenvalue weighted by Gasteiger charge is 2.19. The van der Waals surface area contributed by atoms with E-state index < -0.39 is 11.9 Å². The molecule has 26 heavy (non-hydrogen) atoms. The van der Waals surface area contributed by atoms with Crippen molar-refractivity contribution in [3.05, 3.63) is 58.6 Å². The molecule has 0 saturated carbocycles. The molecule has 0 radical (unpaired) electrons. The highest BCUT2D eigenvalue weighted by atomic mass is 16.5. The topological polar surface area (TPSA) is 99.2 Å². The molecule has 0 saturated heterocycles. The van der Waals surface area contributed by atoms with E-state index in [1.54, 1.807) is 45.2 Å². The van der Waals surface area contributed by atoms with Crippen LogP contribution in [-0.2, 0) is 4.79 Å². The molecule has 1 aromatic carbocycles. The number of aromatic nitrogens is 3. The third kappa shape index (κ3) is 3.64. The van der Waals surface area contributed by atoms with Crippen LogP contribution in [0.5, 0.6) is 5.75 Å². The van der Waals surface area contributed by atoms with Gasteiger partial charge in [0.1, 0.15) is 17.6 Å². The first kappa shape index (κ1) is 17.4. The summed E-state index contributed by atoms with van der Waals surface area (Å²) in [6.45, 7) is 3.31. The molecule has 2 aromatic heterocycles. The summed E-state index contributed by atoms with van der Waals surface area (Å²) in [5.41, 5.74) is 1.00. The molecule has 3 aromatic rings. The van der Waals surface area contributed by atoms with Crippen molar-refractivity contribution in [2.24, 2.45) is 0 Å². The molecule has 1 N–H and O–H groups in total. The number of carbonyl (C=O) groups excluding carboxylic acids is 1. The number of nitrogens with one attached hydrogen (secondary N) is 1. The number of hydrogen-bond donors (Lipinski definition) is 1. The van der Waals surface area contributed by atoms with E-state index in [1.807, 2.05) is 12.1 Å². The summed E-state index contributed by atoms with van der Waals surface area (Å²) in [7, 11) is 1.59. The molecule has 1 atom stereocenters. The molecular formula is C18H18N4O4. The van der Waals surface area contributed by atoms with Crippen molar-refractivity contribution in [2.45, 2.75) is 19.9 Å². The Morgan fingerprint density at radius 1 is 1.23 bits per heavy atom. The third-order valence-corrected chi connectivity index (χ3v) is 3.84. The molecule has 0 fully saturated rings. The number of benzene rings is 1. The predicted octanol–water partition coefficient (Wildman–Crippen LogP) is 2.42.